The van der Waals surface area contributed by atoms with E-state index in [-0.39, 0.29) is 11.9 Å². The average Bonchev–Trinajstić information content (AvgIpc) is 2.26. The molecule has 0 fully saturated rings. The third kappa shape index (κ3) is 3.71. The number of nitrogens with one attached hydrogen (secondary N) is 1. The zero-order chi connectivity index (χ0) is 12.0. The van der Waals surface area contributed by atoms with Gasteiger partial charge >= 0.3 is 0 Å². The van der Waals surface area contributed by atoms with Gasteiger partial charge < -0.3 is 14.8 Å². The third-order valence-corrected chi connectivity index (χ3v) is 1.99. The van der Waals surface area contributed by atoms with Crippen molar-refractivity contribution in [3.63, 3.8) is 0 Å². The summed E-state index contributed by atoms with van der Waals surface area (Å²) in [7, 11) is 3.07. The molecule has 0 aliphatic carbocycles. The highest BCUT2D eigenvalue weighted by Crippen LogP contribution is 2.11. The van der Waals surface area contributed by atoms with Crippen LogP contribution in [0.3, 0.4) is 0 Å². The minimum absolute atomic E-state index is 0.000414. The van der Waals surface area contributed by atoms with Crippen LogP contribution in [0.4, 0.5) is 14.6 Å². The first kappa shape index (κ1) is 12.8. The van der Waals surface area contributed by atoms with Gasteiger partial charge in [-0.15, -0.1) is 0 Å². The van der Waals surface area contributed by atoms with Crippen LogP contribution >= 0.6 is 0 Å². The van der Waals surface area contributed by atoms with E-state index in [1.54, 1.807) is 7.11 Å². The SMILES string of the molecule is COCC(CNc1ncc(F)cc1F)OC. The molecule has 1 heterocycles. The number of ether oxygens (including phenoxy) is 2. The number of hydrogen-bond acceptors (Lipinski definition) is 4. The zero-order valence-electron chi connectivity index (χ0n) is 9.17. The highest BCUT2D eigenvalue weighted by Gasteiger charge is 2.09. The first-order valence-electron chi connectivity index (χ1n) is 4.74. The predicted molar refractivity (Wildman–Crippen MR) is 55.3 cm³/mol. The van der Waals surface area contributed by atoms with Crippen molar-refractivity contribution in [2.24, 2.45) is 0 Å². The second-order valence-electron chi connectivity index (χ2n) is 3.18. The molecule has 0 saturated carbocycles. The zero-order valence-corrected chi connectivity index (χ0v) is 9.17. The Hall–Kier alpha value is -1.27. The lowest BCUT2D eigenvalue weighted by Crippen LogP contribution is -2.27. The van der Waals surface area contributed by atoms with E-state index in [1.165, 1.54) is 7.11 Å². The maximum absolute atomic E-state index is 13.2. The van der Waals surface area contributed by atoms with Crippen LogP contribution in [0.5, 0.6) is 0 Å². The Balaban J connectivity index is 2.53. The highest BCUT2D eigenvalue weighted by molar-refractivity contribution is 5.35. The van der Waals surface area contributed by atoms with Crippen LogP contribution in [0.2, 0.25) is 0 Å². The standard InChI is InChI=1S/C10H14F2N2O2/c1-15-6-8(16-2)5-14-10-9(12)3-7(11)4-13-10/h3-4,8H,5-6H2,1-2H3,(H,13,14). The third-order valence-electron chi connectivity index (χ3n) is 1.99. The Morgan fingerprint density at radius 3 is 2.75 bits per heavy atom. The molecule has 0 aliphatic rings. The van der Waals surface area contributed by atoms with E-state index in [0.29, 0.717) is 13.2 Å². The molecule has 0 amide bonds. The topological polar surface area (TPSA) is 43.4 Å². The molecule has 1 unspecified atom stereocenters. The van der Waals surface area contributed by atoms with E-state index < -0.39 is 11.6 Å². The van der Waals surface area contributed by atoms with Crippen molar-refractivity contribution < 1.29 is 18.3 Å². The van der Waals surface area contributed by atoms with Crippen molar-refractivity contribution >= 4 is 5.82 Å². The van der Waals surface area contributed by atoms with Crippen molar-refractivity contribution in [3.8, 4) is 0 Å². The fourth-order valence-electron chi connectivity index (χ4n) is 1.15. The van der Waals surface area contributed by atoms with Crippen molar-refractivity contribution in [3.05, 3.63) is 23.9 Å². The Morgan fingerprint density at radius 2 is 2.19 bits per heavy atom. The molecule has 0 bridgehead atoms. The average molecular weight is 232 g/mol. The van der Waals surface area contributed by atoms with Gasteiger partial charge in [0.25, 0.3) is 0 Å². The first-order chi connectivity index (χ1) is 7.67. The summed E-state index contributed by atoms with van der Waals surface area (Å²) in [6.45, 7) is 0.714. The van der Waals surface area contributed by atoms with Gasteiger partial charge in [0.2, 0.25) is 0 Å². The molecule has 90 valence electrons. The summed E-state index contributed by atoms with van der Waals surface area (Å²) in [6, 6.07) is 0.771. The molecule has 0 saturated heterocycles. The molecule has 1 N–H and O–H groups in total. The molecule has 4 nitrogen and oxygen atoms in total. The molecule has 16 heavy (non-hydrogen) atoms. The van der Waals surface area contributed by atoms with Gasteiger partial charge in [-0.3, -0.25) is 0 Å². The maximum Gasteiger partial charge on any atom is 0.168 e. The van der Waals surface area contributed by atoms with Gasteiger partial charge in [0.1, 0.15) is 5.82 Å². The van der Waals surface area contributed by atoms with Gasteiger partial charge in [0, 0.05) is 26.8 Å². The second-order valence-corrected chi connectivity index (χ2v) is 3.18. The lowest BCUT2D eigenvalue weighted by Gasteiger charge is -2.15. The van der Waals surface area contributed by atoms with Gasteiger partial charge in [-0.1, -0.05) is 0 Å². The molecule has 1 aromatic heterocycles. The number of methoxy groups -OCH3 is 2. The number of hydrogen-bond donors (Lipinski definition) is 1. The van der Waals surface area contributed by atoms with Crippen molar-refractivity contribution in [2.45, 2.75) is 6.10 Å². The number of pyridine rings is 1. The van der Waals surface area contributed by atoms with Crippen LogP contribution in [0.1, 0.15) is 0 Å². The summed E-state index contributed by atoms with van der Waals surface area (Å²) < 4.78 is 35.7. The second kappa shape index (κ2) is 6.34. The molecule has 0 radical (unpaired) electrons. The van der Waals surface area contributed by atoms with Crippen LogP contribution in [0, 0.1) is 11.6 Å². The number of rotatable bonds is 6. The monoisotopic (exact) mass is 232 g/mol. The molecular weight excluding hydrogens is 218 g/mol. The fraction of sp³-hybridized carbons (Fsp3) is 0.500. The summed E-state index contributed by atoms with van der Waals surface area (Å²) in [5.74, 6) is -1.44. The van der Waals surface area contributed by atoms with Crippen molar-refractivity contribution in [1.82, 2.24) is 4.98 Å². The van der Waals surface area contributed by atoms with E-state index >= 15 is 0 Å². The van der Waals surface area contributed by atoms with Gasteiger partial charge in [0.15, 0.2) is 11.6 Å². The molecular formula is C10H14F2N2O2. The Morgan fingerprint density at radius 1 is 1.44 bits per heavy atom. The number of anilines is 1. The summed E-state index contributed by atoms with van der Waals surface area (Å²) in [6.07, 6.45) is 0.736. The van der Waals surface area contributed by atoms with Crippen molar-refractivity contribution in [2.75, 3.05) is 32.7 Å². The largest absolute Gasteiger partial charge is 0.382 e. The van der Waals surface area contributed by atoms with Crippen LogP contribution in [-0.2, 0) is 9.47 Å². The summed E-state index contributed by atoms with van der Waals surface area (Å²) in [4.78, 5) is 3.59. The molecule has 1 rings (SSSR count). The Kier molecular flexibility index (Phi) is 5.07. The Bertz CT molecular complexity index is 337. The van der Waals surface area contributed by atoms with Gasteiger partial charge in [-0.25, -0.2) is 13.8 Å². The quantitative estimate of drug-likeness (QED) is 0.805. The smallest absolute Gasteiger partial charge is 0.168 e. The number of nitrogens with zero attached hydrogens (tertiary/aromatic N) is 1. The molecule has 0 aliphatic heterocycles. The lowest BCUT2D eigenvalue weighted by molar-refractivity contribution is 0.0365. The van der Waals surface area contributed by atoms with E-state index in [9.17, 15) is 8.78 Å². The van der Waals surface area contributed by atoms with E-state index in [2.05, 4.69) is 10.3 Å². The van der Waals surface area contributed by atoms with Gasteiger partial charge in [0.05, 0.1) is 18.9 Å². The van der Waals surface area contributed by atoms with Gasteiger partial charge in [-0.2, -0.15) is 0 Å². The summed E-state index contributed by atoms with van der Waals surface area (Å²) >= 11 is 0. The molecule has 0 spiro atoms. The van der Waals surface area contributed by atoms with Crippen LogP contribution < -0.4 is 5.32 Å². The summed E-state index contributed by atoms with van der Waals surface area (Å²) in [5, 5.41) is 2.72. The minimum Gasteiger partial charge on any atom is -0.382 e. The maximum atomic E-state index is 13.2. The first-order valence-corrected chi connectivity index (χ1v) is 4.74. The minimum atomic E-state index is -0.729. The van der Waals surface area contributed by atoms with Gasteiger partial charge in [-0.05, 0) is 0 Å². The Labute approximate surface area is 92.6 Å². The van der Waals surface area contributed by atoms with Crippen LogP contribution in [0.25, 0.3) is 0 Å². The van der Waals surface area contributed by atoms with E-state index in [1.807, 2.05) is 0 Å². The molecule has 0 aromatic carbocycles. The van der Waals surface area contributed by atoms with E-state index in [4.69, 9.17) is 9.47 Å². The molecule has 1 atom stereocenters. The molecule has 1 aromatic rings. The normalized spacial score (nSPS) is 12.5. The number of aromatic nitrogens is 1. The van der Waals surface area contributed by atoms with E-state index in [0.717, 1.165) is 12.3 Å². The van der Waals surface area contributed by atoms with Crippen molar-refractivity contribution in [1.29, 1.82) is 0 Å². The lowest BCUT2D eigenvalue weighted by atomic mass is 10.3. The summed E-state index contributed by atoms with van der Waals surface area (Å²) in [5.41, 5.74) is 0. The predicted octanol–water partition coefficient (Wildman–Crippen LogP) is 1.43. The highest BCUT2D eigenvalue weighted by atomic mass is 19.1. The van der Waals surface area contributed by atoms with Crippen LogP contribution in [0.15, 0.2) is 12.3 Å². The molecule has 6 heteroatoms. The number of halogens is 2. The van der Waals surface area contributed by atoms with Crippen LogP contribution in [-0.4, -0.2) is 38.5 Å². The fourth-order valence-corrected chi connectivity index (χ4v) is 1.15.